The number of hydrogen-bond donors (Lipinski definition) is 3. The van der Waals surface area contributed by atoms with Gasteiger partial charge in [0.1, 0.15) is 6.04 Å². The zero-order chi connectivity index (χ0) is 10.3. The van der Waals surface area contributed by atoms with Crippen LogP contribution in [0.2, 0.25) is 0 Å². The van der Waals surface area contributed by atoms with Gasteiger partial charge in [-0.25, -0.2) is 0 Å². The van der Waals surface area contributed by atoms with Gasteiger partial charge in [0.15, 0.2) is 0 Å². The maximum Gasteiger partial charge on any atom is 0.241 e. The lowest BCUT2D eigenvalue weighted by Gasteiger charge is -2.38. The van der Waals surface area contributed by atoms with Crippen LogP contribution < -0.4 is 16.0 Å². The monoisotopic (exact) mass is 198 g/mol. The molecule has 2 aliphatic rings. The van der Waals surface area contributed by atoms with Crippen LogP contribution in [0.3, 0.4) is 0 Å². The first kappa shape index (κ1) is 9.89. The van der Waals surface area contributed by atoms with E-state index in [0.29, 0.717) is 6.67 Å². The van der Waals surface area contributed by atoms with Crippen molar-refractivity contribution in [1.82, 2.24) is 20.9 Å². The van der Waals surface area contributed by atoms with E-state index in [4.69, 9.17) is 0 Å². The van der Waals surface area contributed by atoms with E-state index < -0.39 is 0 Å². The molecule has 0 aromatic heterocycles. The lowest BCUT2D eigenvalue weighted by atomic mass is 10.0. The van der Waals surface area contributed by atoms with Crippen molar-refractivity contribution in [1.29, 1.82) is 0 Å². The number of amides is 1. The molecule has 2 heterocycles. The molecule has 2 saturated heterocycles. The Balaban J connectivity index is 2.18. The fraction of sp³-hybridized carbons (Fsp3) is 0.889. The van der Waals surface area contributed by atoms with E-state index in [-0.39, 0.29) is 23.7 Å². The summed E-state index contributed by atoms with van der Waals surface area (Å²) in [4.78, 5) is 13.9. The van der Waals surface area contributed by atoms with Crippen LogP contribution in [0.5, 0.6) is 0 Å². The van der Waals surface area contributed by atoms with Crippen molar-refractivity contribution < 1.29 is 4.79 Å². The SMILES string of the molecule is CC(C)(C)N1CNC2NCNC(=O)C21. The molecule has 0 spiro atoms. The lowest BCUT2D eigenvalue weighted by Crippen LogP contribution is -2.64. The van der Waals surface area contributed by atoms with Crippen molar-refractivity contribution >= 4 is 5.91 Å². The molecule has 3 N–H and O–H groups in total. The van der Waals surface area contributed by atoms with E-state index in [9.17, 15) is 4.79 Å². The Kier molecular flexibility index (Phi) is 2.25. The summed E-state index contributed by atoms with van der Waals surface area (Å²) >= 11 is 0. The summed E-state index contributed by atoms with van der Waals surface area (Å²) in [5.41, 5.74) is 0.0166. The van der Waals surface area contributed by atoms with E-state index >= 15 is 0 Å². The third-order valence-electron chi connectivity index (χ3n) is 2.85. The molecule has 0 bridgehead atoms. The molecule has 2 aliphatic heterocycles. The smallest absolute Gasteiger partial charge is 0.241 e. The Morgan fingerprint density at radius 3 is 2.71 bits per heavy atom. The third-order valence-corrected chi connectivity index (χ3v) is 2.85. The quantitative estimate of drug-likeness (QED) is 0.468. The first-order chi connectivity index (χ1) is 6.50. The number of rotatable bonds is 0. The van der Waals surface area contributed by atoms with Crippen molar-refractivity contribution in [3.05, 3.63) is 0 Å². The minimum Gasteiger partial charge on any atom is -0.342 e. The lowest BCUT2D eigenvalue weighted by molar-refractivity contribution is -0.129. The molecule has 1 amide bonds. The second-order valence-electron chi connectivity index (χ2n) is 4.85. The summed E-state index contributed by atoms with van der Waals surface area (Å²) < 4.78 is 0. The maximum absolute atomic E-state index is 11.7. The summed E-state index contributed by atoms with van der Waals surface area (Å²) in [6.45, 7) is 7.70. The molecule has 5 heteroatoms. The Labute approximate surface area is 84.2 Å². The normalized spacial score (nSPS) is 34.1. The highest BCUT2D eigenvalue weighted by Crippen LogP contribution is 2.22. The molecule has 2 atom stereocenters. The number of carbonyl (C=O) groups is 1. The molecule has 2 fully saturated rings. The Morgan fingerprint density at radius 1 is 1.36 bits per heavy atom. The van der Waals surface area contributed by atoms with Crippen LogP contribution in [-0.4, -0.2) is 41.9 Å². The van der Waals surface area contributed by atoms with Crippen LogP contribution >= 0.6 is 0 Å². The van der Waals surface area contributed by atoms with Gasteiger partial charge in [-0.3, -0.25) is 20.3 Å². The summed E-state index contributed by atoms with van der Waals surface area (Å²) in [7, 11) is 0. The van der Waals surface area contributed by atoms with Crippen LogP contribution in [-0.2, 0) is 4.79 Å². The molecular weight excluding hydrogens is 180 g/mol. The summed E-state index contributed by atoms with van der Waals surface area (Å²) in [6, 6.07) is -0.0799. The van der Waals surface area contributed by atoms with Gasteiger partial charge in [0.25, 0.3) is 0 Å². The minimum absolute atomic E-state index is 0.0166. The Bertz CT molecular complexity index is 248. The molecule has 0 aromatic carbocycles. The largest absolute Gasteiger partial charge is 0.342 e. The predicted octanol–water partition coefficient (Wildman–Crippen LogP) is -0.981. The van der Waals surface area contributed by atoms with Gasteiger partial charge in [-0.2, -0.15) is 0 Å². The zero-order valence-corrected chi connectivity index (χ0v) is 8.92. The average molecular weight is 198 g/mol. The third kappa shape index (κ3) is 1.51. The second-order valence-corrected chi connectivity index (χ2v) is 4.85. The molecule has 0 aromatic rings. The number of carbonyl (C=O) groups excluding carboxylic acids is 1. The van der Waals surface area contributed by atoms with Gasteiger partial charge in [0.2, 0.25) is 5.91 Å². The molecule has 2 rings (SSSR count). The summed E-state index contributed by atoms with van der Waals surface area (Å²) in [6.07, 6.45) is 0.1000. The topological polar surface area (TPSA) is 56.4 Å². The van der Waals surface area contributed by atoms with Crippen LogP contribution in [0, 0.1) is 0 Å². The molecule has 14 heavy (non-hydrogen) atoms. The first-order valence-electron chi connectivity index (χ1n) is 5.01. The molecule has 0 aliphatic carbocycles. The average Bonchev–Trinajstić information content (AvgIpc) is 2.47. The van der Waals surface area contributed by atoms with Crippen molar-refractivity contribution in [2.45, 2.75) is 38.5 Å². The van der Waals surface area contributed by atoms with Gasteiger partial charge >= 0.3 is 0 Å². The molecule has 80 valence electrons. The Hall–Kier alpha value is -0.650. The zero-order valence-electron chi connectivity index (χ0n) is 8.92. The van der Waals surface area contributed by atoms with Gasteiger partial charge in [0.05, 0.1) is 19.5 Å². The van der Waals surface area contributed by atoms with Crippen molar-refractivity contribution in [2.75, 3.05) is 13.3 Å². The number of fused-ring (bicyclic) bond motifs is 1. The molecule has 0 saturated carbocycles. The van der Waals surface area contributed by atoms with Crippen molar-refractivity contribution in [3.8, 4) is 0 Å². The van der Waals surface area contributed by atoms with Crippen LogP contribution in [0.25, 0.3) is 0 Å². The van der Waals surface area contributed by atoms with E-state index in [1.807, 2.05) is 0 Å². The van der Waals surface area contributed by atoms with Crippen LogP contribution in [0.1, 0.15) is 20.8 Å². The van der Waals surface area contributed by atoms with E-state index in [2.05, 4.69) is 41.6 Å². The maximum atomic E-state index is 11.7. The first-order valence-corrected chi connectivity index (χ1v) is 5.01. The van der Waals surface area contributed by atoms with Gasteiger partial charge in [-0.05, 0) is 20.8 Å². The van der Waals surface area contributed by atoms with E-state index in [0.717, 1.165) is 6.67 Å². The fourth-order valence-corrected chi connectivity index (χ4v) is 2.07. The number of nitrogens with one attached hydrogen (secondary N) is 3. The van der Waals surface area contributed by atoms with E-state index in [1.165, 1.54) is 0 Å². The van der Waals surface area contributed by atoms with E-state index in [1.54, 1.807) is 0 Å². The van der Waals surface area contributed by atoms with Gasteiger partial charge in [-0.15, -0.1) is 0 Å². The highest BCUT2D eigenvalue weighted by Gasteiger charge is 2.45. The van der Waals surface area contributed by atoms with Crippen LogP contribution in [0.15, 0.2) is 0 Å². The number of nitrogens with zero attached hydrogens (tertiary/aromatic N) is 1. The summed E-state index contributed by atoms with van der Waals surface area (Å²) in [5.74, 6) is 0.119. The highest BCUT2D eigenvalue weighted by atomic mass is 16.2. The second kappa shape index (κ2) is 3.18. The summed E-state index contributed by atoms with van der Waals surface area (Å²) in [5, 5.41) is 9.35. The predicted molar refractivity (Wildman–Crippen MR) is 53.3 cm³/mol. The van der Waals surface area contributed by atoms with Gasteiger partial charge in [-0.1, -0.05) is 0 Å². The van der Waals surface area contributed by atoms with Gasteiger partial charge < -0.3 is 5.32 Å². The Morgan fingerprint density at radius 2 is 2.07 bits per heavy atom. The molecule has 5 nitrogen and oxygen atoms in total. The van der Waals surface area contributed by atoms with Gasteiger partial charge in [0, 0.05) is 5.54 Å². The standard InChI is InChI=1S/C9H18N4O/c1-9(2,3)13-5-12-7-6(13)8(14)11-4-10-7/h6-7,10,12H,4-5H2,1-3H3,(H,11,14). The van der Waals surface area contributed by atoms with Crippen molar-refractivity contribution in [2.24, 2.45) is 0 Å². The molecular formula is C9H18N4O. The molecule has 0 radical (unpaired) electrons. The fourth-order valence-electron chi connectivity index (χ4n) is 2.07. The van der Waals surface area contributed by atoms with Crippen molar-refractivity contribution in [3.63, 3.8) is 0 Å². The highest BCUT2D eigenvalue weighted by molar-refractivity contribution is 5.83. The number of hydrogen-bond acceptors (Lipinski definition) is 4. The minimum atomic E-state index is -0.0799. The van der Waals surface area contributed by atoms with Crippen LogP contribution in [0.4, 0.5) is 0 Å². The molecule has 2 unspecified atom stereocenters.